The van der Waals surface area contributed by atoms with E-state index in [2.05, 4.69) is 33.4 Å². The molecule has 0 spiro atoms. The Hall–Kier alpha value is -3.22. The van der Waals surface area contributed by atoms with Crippen LogP contribution in [-0.4, -0.2) is 51.4 Å². The number of piperidine rings is 1. The van der Waals surface area contributed by atoms with Gasteiger partial charge in [-0.15, -0.1) is 6.58 Å². The van der Waals surface area contributed by atoms with Crippen molar-refractivity contribution >= 4 is 22.8 Å². The van der Waals surface area contributed by atoms with Crippen molar-refractivity contribution in [2.75, 3.05) is 25.0 Å². The highest BCUT2D eigenvalue weighted by molar-refractivity contribution is 6.10. The lowest BCUT2D eigenvalue weighted by Gasteiger charge is -2.39. The SMILES string of the molecule is C=CC1(c2ccccn2)CCN(C(=O)c2c(C)oc3ncnc(N(C)C4(C)CC4)c23)CC1. The van der Waals surface area contributed by atoms with Crippen molar-refractivity contribution in [1.82, 2.24) is 19.9 Å². The molecule has 0 atom stereocenters. The number of hydrogen-bond acceptors (Lipinski definition) is 6. The largest absolute Gasteiger partial charge is 0.442 e. The molecule has 2 fully saturated rings. The van der Waals surface area contributed by atoms with Crippen molar-refractivity contribution in [3.05, 3.63) is 60.4 Å². The molecule has 32 heavy (non-hydrogen) atoms. The maximum atomic E-state index is 13.7. The van der Waals surface area contributed by atoms with E-state index in [0.717, 1.165) is 42.6 Å². The van der Waals surface area contributed by atoms with Crippen LogP contribution in [0.4, 0.5) is 5.82 Å². The zero-order valence-electron chi connectivity index (χ0n) is 19.0. The van der Waals surface area contributed by atoms with Crippen molar-refractivity contribution in [3.8, 4) is 0 Å². The van der Waals surface area contributed by atoms with Gasteiger partial charge in [-0.25, -0.2) is 9.97 Å². The van der Waals surface area contributed by atoms with Gasteiger partial charge >= 0.3 is 0 Å². The molecule has 7 nitrogen and oxygen atoms in total. The average Bonchev–Trinajstić information content (AvgIpc) is 3.49. The summed E-state index contributed by atoms with van der Waals surface area (Å²) in [7, 11) is 2.04. The number of carbonyl (C=O) groups is 1. The first-order valence-electron chi connectivity index (χ1n) is 11.2. The summed E-state index contributed by atoms with van der Waals surface area (Å²) in [5.41, 5.74) is 1.93. The van der Waals surface area contributed by atoms with Gasteiger partial charge in [-0.3, -0.25) is 9.78 Å². The molecule has 166 valence electrons. The normalized spacial score (nSPS) is 19.0. The van der Waals surface area contributed by atoms with E-state index in [-0.39, 0.29) is 16.9 Å². The smallest absolute Gasteiger partial charge is 0.258 e. The molecule has 1 aliphatic carbocycles. The summed E-state index contributed by atoms with van der Waals surface area (Å²) in [5.74, 6) is 1.33. The lowest BCUT2D eigenvalue weighted by Crippen LogP contribution is -2.44. The van der Waals surface area contributed by atoms with Crippen LogP contribution in [0, 0.1) is 6.92 Å². The molecule has 1 aliphatic heterocycles. The summed E-state index contributed by atoms with van der Waals surface area (Å²) in [6.07, 6.45) is 9.12. The lowest BCUT2D eigenvalue weighted by atomic mass is 9.75. The van der Waals surface area contributed by atoms with Gasteiger partial charge in [0.2, 0.25) is 5.71 Å². The van der Waals surface area contributed by atoms with Gasteiger partial charge in [-0.2, -0.15) is 0 Å². The molecule has 0 radical (unpaired) electrons. The van der Waals surface area contributed by atoms with Crippen LogP contribution in [0.15, 0.2) is 47.8 Å². The highest BCUT2D eigenvalue weighted by Gasteiger charge is 2.44. The Bertz CT molecular complexity index is 1170. The number of aryl methyl sites for hydroxylation is 1. The van der Waals surface area contributed by atoms with Crippen LogP contribution in [0.2, 0.25) is 0 Å². The minimum absolute atomic E-state index is 0.0228. The third kappa shape index (κ3) is 3.18. The second-order valence-corrected chi connectivity index (χ2v) is 9.33. The van der Waals surface area contributed by atoms with E-state index in [1.54, 1.807) is 0 Å². The molecule has 7 heteroatoms. The van der Waals surface area contributed by atoms with Gasteiger partial charge in [-0.1, -0.05) is 12.1 Å². The summed E-state index contributed by atoms with van der Waals surface area (Å²) in [6, 6.07) is 5.97. The molecule has 0 unspecified atom stereocenters. The van der Waals surface area contributed by atoms with Crippen molar-refractivity contribution in [2.45, 2.75) is 50.5 Å². The second-order valence-electron chi connectivity index (χ2n) is 9.33. The first-order chi connectivity index (χ1) is 15.4. The third-order valence-corrected chi connectivity index (χ3v) is 7.47. The minimum Gasteiger partial charge on any atom is -0.442 e. The predicted molar refractivity (Wildman–Crippen MR) is 124 cm³/mol. The molecule has 5 rings (SSSR count). The molecule has 1 amide bonds. The Morgan fingerprint density at radius 3 is 2.56 bits per heavy atom. The van der Waals surface area contributed by atoms with Gasteiger partial charge in [0.05, 0.1) is 16.6 Å². The van der Waals surface area contributed by atoms with E-state index in [1.807, 2.05) is 49.3 Å². The number of likely N-dealkylation sites (tertiary alicyclic amines) is 1. The summed E-state index contributed by atoms with van der Waals surface area (Å²) in [5, 5.41) is 0.718. The zero-order valence-corrected chi connectivity index (χ0v) is 19.0. The number of rotatable bonds is 5. The quantitative estimate of drug-likeness (QED) is 0.562. The molecule has 3 aromatic rings. The summed E-state index contributed by atoms with van der Waals surface area (Å²) in [4.78, 5) is 31.2. The monoisotopic (exact) mass is 431 g/mol. The Morgan fingerprint density at radius 2 is 1.94 bits per heavy atom. The van der Waals surface area contributed by atoms with E-state index < -0.39 is 0 Å². The topological polar surface area (TPSA) is 75.4 Å². The van der Waals surface area contributed by atoms with Crippen LogP contribution < -0.4 is 4.90 Å². The van der Waals surface area contributed by atoms with Crippen LogP contribution in [0.25, 0.3) is 11.1 Å². The van der Waals surface area contributed by atoms with Crippen LogP contribution in [0.3, 0.4) is 0 Å². The highest BCUT2D eigenvalue weighted by atomic mass is 16.3. The van der Waals surface area contributed by atoms with Gasteiger partial charge in [0.25, 0.3) is 5.91 Å². The first kappa shape index (κ1) is 20.7. The van der Waals surface area contributed by atoms with Crippen molar-refractivity contribution in [3.63, 3.8) is 0 Å². The van der Waals surface area contributed by atoms with Crippen LogP contribution in [-0.2, 0) is 5.41 Å². The molecule has 1 saturated heterocycles. The fraction of sp³-hybridized carbons (Fsp3) is 0.440. The summed E-state index contributed by atoms with van der Waals surface area (Å²) >= 11 is 0. The molecule has 0 bridgehead atoms. The van der Waals surface area contributed by atoms with E-state index in [1.165, 1.54) is 6.33 Å². The number of aromatic nitrogens is 3. The minimum atomic E-state index is -0.208. The standard InChI is InChI=1S/C25H29N5O2/c1-5-25(18-8-6-7-13-26-18)11-14-30(15-12-25)23(31)19-17(2)32-22-20(19)21(27-16-28-22)29(4)24(3)9-10-24/h5-8,13,16H,1,9-12,14-15H2,2-4H3. The van der Waals surface area contributed by atoms with Gasteiger partial charge in [-0.05, 0) is 51.7 Å². The molecular weight excluding hydrogens is 402 g/mol. The second kappa shape index (κ2) is 7.43. The number of anilines is 1. The molecule has 2 aliphatic rings. The molecule has 3 aromatic heterocycles. The predicted octanol–water partition coefficient (Wildman–Crippen LogP) is 4.27. The average molecular weight is 432 g/mol. The summed E-state index contributed by atoms with van der Waals surface area (Å²) < 4.78 is 5.91. The van der Waals surface area contributed by atoms with E-state index in [9.17, 15) is 4.79 Å². The third-order valence-electron chi connectivity index (χ3n) is 7.47. The van der Waals surface area contributed by atoms with Crippen molar-refractivity contribution in [1.29, 1.82) is 0 Å². The fourth-order valence-corrected chi connectivity index (χ4v) is 4.80. The maximum Gasteiger partial charge on any atom is 0.258 e. The van der Waals surface area contributed by atoms with Gasteiger partial charge in [0.1, 0.15) is 17.9 Å². The van der Waals surface area contributed by atoms with Crippen LogP contribution >= 0.6 is 0 Å². The number of allylic oxidation sites excluding steroid dienone is 1. The van der Waals surface area contributed by atoms with E-state index in [4.69, 9.17) is 4.42 Å². The number of fused-ring (bicyclic) bond motifs is 1. The molecule has 0 N–H and O–H groups in total. The fourth-order valence-electron chi connectivity index (χ4n) is 4.80. The van der Waals surface area contributed by atoms with Crippen LogP contribution in [0.5, 0.6) is 0 Å². The molecule has 0 aromatic carbocycles. The van der Waals surface area contributed by atoms with E-state index >= 15 is 0 Å². The number of carbonyl (C=O) groups excluding carboxylic acids is 1. The number of hydrogen-bond donors (Lipinski definition) is 0. The first-order valence-corrected chi connectivity index (χ1v) is 11.2. The lowest BCUT2D eigenvalue weighted by molar-refractivity contribution is 0.0687. The Kier molecular flexibility index (Phi) is 4.80. The molecule has 1 saturated carbocycles. The number of pyridine rings is 1. The van der Waals surface area contributed by atoms with Crippen LogP contribution in [0.1, 0.15) is 54.4 Å². The van der Waals surface area contributed by atoms with Crippen molar-refractivity contribution in [2.24, 2.45) is 0 Å². The number of nitrogens with zero attached hydrogens (tertiary/aromatic N) is 5. The number of amides is 1. The number of furan rings is 1. The molecular formula is C25H29N5O2. The summed E-state index contributed by atoms with van der Waals surface area (Å²) in [6.45, 7) is 9.40. The van der Waals surface area contributed by atoms with Gasteiger partial charge < -0.3 is 14.2 Å². The van der Waals surface area contributed by atoms with Crippen molar-refractivity contribution < 1.29 is 9.21 Å². The maximum absolute atomic E-state index is 13.7. The van der Waals surface area contributed by atoms with Gasteiger partial charge in [0.15, 0.2) is 0 Å². The Morgan fingerprint density at radius 1 is 1.19 bits per heavy atom. The van der Waals surface area contributed by atoms with Gasteiger partial charge in [0, 0.05) is 37.3 Å². The van der Waals surface area contributed by atoms with E-state index in [0.29, 0.717) is 30.1 Å². The zero-order chi connectivity index (χ0) is 22.5. The Labute approximate surface area is 188 Å². The Balaban J connectivity index is 1.46. The highest BCUT2D eigenvalue weighted by Crippen LogP contribution is 2.45. The molecule has 4 heterocycles.